The first kappa shape index (κ1) is 66.4. The topological polar surface area (TPSA) is 111 Å². The third-order valence-corrected chi connectivity index (χ3v) is 10.9. The Kier molecular flexibility index (Phi) is 48.4. The van der Waals surface area contributed by atoms with Crippen LogP contribution in [0.1, 0.15) is 181 Å². The van der Waals surface area contributed by atoms with Gasteiger partial charge in [-0.05, 0) is 96.3 Å². The molecule has 0 aromatic heterocycles. The van der Waals surface area contributed by atoms with Gasteiger partial charge in [0.25, 0.3) is 0 Å². The average molecular weight is 986 g/mol. The highest BCUT2D eigenvalue weighted by Crippen LogP contribution is 2.13. The largest absolute Gasteiger partial charge is 0.545 e. The number of aliphatic carboxylic acids is 1. The number of allylic oxidation sites excluding steroid dienone is 22. The second-order valence-electron chi connectivity index (χ2n) is 18.8. The van der Waals surface area contributed by atoms with Crippen molar-refractivity contribution >= 4 is 17.9 Å². The number of likely N-dealkylation sites (N-methyl/N-ethyl adjacent to an activating group) is 1. The Morgan fingerprint density at radius 3 is 1.20 bits per heavy atom. The van der Waals surface area contributed by atoms with Gasteiger partial charge < -0.3 is 33.3 Å². The van der Waals surface area contributed by atoms with E-state index in [0.29, 0.717) is 17.4 Å². The Morgan fingerprint density at radius 1 is 0.437 bits per heavy atom. The van der Waals surface area contributed by atoms with Crippen LogP contribution in [-0.4, -0.2) is 82.3 Å². The molecule has 9 heteroatoms. The summed E-state index contributed by atoms with van der Waals surface area (Å²) in [4.78, 5) is 36.7. The molecular formula is C62H99NO8. The van der Waals surface area contributed by atoms with Crippen molar-refractivity contribution in [3.63, 3.8) is 0 Å². The fraction of sp³-hybridized carbons (Fsp3) is 0.597. The Hall–Kier alpha value is -4.57. The second-order valence-corrected chi connectivity index (χ2v) is 18.8. The summed E-state index contributed by atoms with van der Waals surface area (Å²) >= 11 is 0. The first-order valence-corrected chi connectivity index (χ1v) is 27.3. The molecule has 0 N–H and O–H groups in total. The molecule has 0 saturated heterocycles. The lowest BCUT2D eigenvalue weighted by Crippen LogP contribution is -2.44. The van der Waals surface area contributed by atoms with Crippen molar-refractivity contribution < 1.29 is 42.9 Å². The number of carboxylic acids is 1. The van der Waals surface area contributed by atoms with Gasteiger partial charge >= 0.3 is 11.9 Å². The van der Waals surface area contributed by atoms with E-state index in [-0.39, 0.29) is 38.6 Å². The molecule has 0 spiro atoms. The van der Waals surface area contributed by atoms with E-state index in [1.807, 2.05) is 21.1 Å². The van der Waals surface area contributed by atoms with E-state index in [2.05, 4.69) is 148 Å². The van der Waals surface area contributed by atoms with Gasteiger partial charge in [0, 0.05) is 12.8 Å². The number of carboxylic acid groups (broad SMARTS) is 1. The third kappa shape index (κ3) is 53.1. The highest BCUT2D eigenvalue weighted by molar-refractivity contribution is 5.70. The van der Waals surface area contributed by atoms with Gasteiger partial charge in [-0.25, -0.2) is 0 Å². The lowest BCUT2D eigenvalue weighted by atomic mass is 10.1. The predicted molar refractivity (Wildman–Crippen MR) is 296 cm³/mol. The lowest BCUT2D eigenvalue weighted by Gasteiger charge is -2.26. The zero-order chi connectivity index (χ0) is 52.0. The Bertz CT molecular complexity index is 1620. The zero-order valence-corrected chi connectivity index (χ0v) is 45.3. The van der Waals surface area contributed by atoms with Crippen LogP contribution in [0.3, 0.4) is 0 Å². The molecule has 2 unspecified atom stereocenters. The summed E-state index contributed by atoms with van der Waals surface area (Å²) in [6.45, 7) is 4.48. The lowest BCUT2D eigenvalue weighted by molar-refractivity contribution is -0.870. The van der Waals surface area contributed by atoms with Crippen molar-refractivity contribution in [3.8, 4) is 0 Å². The minimum atomic E-state index is -1.63. The molecule has 2 atom stereocenters. The second kappa shape index (κ2) is 51.8. The zero-order valence-electron chi connectivity index (χ0n) is 45.3. The number of nitrogens with zero attached hydrogens (tertiary/aromatic N) is 1. The van der Waals surface area contributed by atoms with Gasteiger partial charge in [-0.1, -0.05) is 205 Å². The molecule has 0 heterocycles. The summed E-state index contributed by atoms with van der Waals surface area (Å²) < 4.78 is 22.4. The molecule has 0 saturated carbocycles. The first-order valence-electron chi connectivity index (χ1n) is 27.3. The molecule has 0 aliphatic rings. The van der Waals surface area contributed by atoms with Gasteiger partial charge in [0.1, 0.15) is 13.2 Å². The number of carbonyl (C=O) groups excluding carboxylic acids is 3. The Balaban J connectivity index is 4.05. The summed E-state index contributed by atoms with van der Waals surface area (Å²) in [5.74, 6) is -2.33. The van der Waals surface area contributed by atoms with Gasteiger partial charge in [0.2, 0.25) is 0 Å². The molecule has 0 amide bonds. The van der Waals surface area contributed by atoms with E-state index in [9.17, 15) is 19.5 Å². The minimum absolute atomic E-state index is 0.139. The molecule has 0 radical (unpaired) electrons. The number of quaternary nitrogens is 1. The van der Waals surface area contributed by atoms with Crippen molar-refractivity contribution in [1.29, 1.82) is 0 Å². The fourth-order valence-corrected chi connectivity index (χ4v) is 6.71. The average Bonchev–Trinajstić information content (AvgIpc) is 3.34. The molecule has 0 aromatic rings. The smallest absolute Gasteiger partial charge is 0.306 e. The number of rotatable bonds is 48. The van der Waals surface area contributed by atoms with Crippen LogP contribution in [0.4, 0.5) is 0 Å². The van der Waals surface area contributed by atoms with Crippen LogP contribution in [0, 0.1) is 0 Å². The van der Waals surface area contributed by atoms with Crippen LogP contribution in [0.5, 0.6) is 0 Å². The first-order chi connectivity index (χ1) is 34.6. The fourth-order valence-electron chi connectivity index (χ4n) is 6.71. The van der Waals surface area contributed by atoms with Crippen LogP contribution in [-0.2, 0) is 33.3 Å². The molecule has 0 aliphatic carbocycles. The van der Waals surface area contributed by atoms with Crippen molar-refractivity contribution in [1.82, 2.24) is 0 Å². The summed E-state index contributed by atoms with van der Waals surface area (Å²) in [5, 5.41) is 11.7. The number of hydrogen-bond acceptors (Lipinski definition) is 8. The van der Waals surface area contributed by atoms with E-state index in [0.717, 1.165) is 128 Å². The predicted octanol–water partition coefficient (Wildman–Crippen LogP) is 14.6. The van der Waals surface area contributed by atoms with Crippen molar-refractivity contribution in [2.45, 2.75) is 193 Å². The highest BCUT2D eigenvalue weighted by Gasteiger charge is 2.21. The number of esters is 2. The molecule has 9 nitrogen and oxygen atoms in total. The maximum Gasteiger partial charge on any atom is 0.306 e. The molecule has 71 heavy (non-hydrogen) atoms. The maximum atomic E-state index is 12.7. The van der Waals surface area contributed by atoms with E-state index < -0.39 is 24.3 Å². The van der Waals surface area contributed by atoms with Gasteiger partial charge in [0.15, 0.2) is 12.4 Å². The summed E-state index contributed by atoms with van der Waals surface area (Å²) in [6, 6.07) is 0. The van der Waals surface area contributed by atoms with Gasteiger partial charge in [-0.3, -0.25) is 9.59 Å². The summed E-state index contributed by atoms with van der Waals surface area (Å²) in [6.07, 6.45) is 71.4. The van der Waals surface area contributed by atoms with Gasteiger partial charge in [0.05, 0.1) is 40.3 Å². The number of hydrogen-bond donors (Lipinski definition) is 0. The molecule has 0 aliphatic heterocycles. The van der Waals surface area contributed by atoms with Crippen LogP contribution >= 0.6 is 0 Å². The van der Waals surface area contributed by atoms with E-state index in [4.69, 9.17) is 18.9 Å². The van der Waals surface area contributed by atoms with E-state index >= 15 is 0 Å². The Labute approximate surface area is 433 Å². The quantitative estimate of drug-likeness (QED) is 0.0195. The molecule has 0 bridgehead atoms. The van der Waals surface area contributed by atoms with E-state index in [1.54, 1.807) is 0 Å². The third-order valence-electron chi connectivity index (χ3n) is 10.9. The van der Waals surface area contributed by atoms with Crippen LogP contribution in [0.15, 0.2) is 134 Å². The van der Waals surface area contributed by atoms with Gasteiger partial charge in [-0.15, -0.1) is 0 Å². The molecule has 0 rings (SSSR count). The number of unbranched alkanes of at least 4 members (excludes halogenated alkanes) is 11. The number of ether oxygens (including phenoxy) is 4. The van der Waals surface area contributed by atoms with Crippen LogP contribution in [0.2, 0.25) is 0 Å². The summed E-state index contributed by atoms with van der Waals surface area (Å²) in [7, 11) is 5.88. The minimum Gasteiger partial charge on any atom is -0.545 e. The molecule has 0 aromatic carbocycles. The highest BCUT2D eigenvalue weighted by atomic mass is 16.7. The normalized spacial score (nSPS) is 13.9. The van der Waals surface area contributed by atoms with Crippen molar-refractivity contribution in [2.24, 2.45) is 0 Å². The van der Waals surface area contributed by atoms with Gasteiger partial charge in [-0.2, -0.15) is 0 Å². The van der Waals surface area contributed by atoms with Crippen molar-refractivity contribution in [2.75, 3.05) is 47.5 Å². The van der Waals surface area contributed by atoms with Crippen LogP contribution < -0.4 is 5.11 Å². The standard InChI is InChI=1S/C62H99NO8/c1-6-8-10-12-13-14-15-16-17-18-19-20-21-22-23-24-25-26-27-28-29-30-31-32-33-34-35-36-37-38-39-40-41-42-43-44-45-46-47-49-51-53-60(65)71-58(56-69-59(64)52-50-48-11-9-7-2)57-70-62(61(66)67)68-55-54-63(3,4)5/h8,10,13-14,16-17,19-20,22-23,25-26,28-29,31-32,34-35,37-38,40-41,58,62H,6-7,9,11-12,15,18,21,24,27,30,33,36,39,42-57H2,1-5H3/b10-8-,14-13-,17-16-,20-19-,23-22-,26-25-,29-28-,32-31-,35-34-,38-37-,41-40-. The monoisotopic (exact) mass is 986 g/mol. The Morgan fingerprint density at radius 2 is 0.803 bits per heavy atom. The van der Waals surface area contributed by atoms with E-state index in [1.165, 1.54) is 19.3 Å². The maximum absolute atomic E-state index is 12.7. The SMILES string of the molecule is CC/C=C\C/C=C\C/C=C\C/C=C\C/C=C\C/C=C\C/C=C\C/C=C\C/C=C\C/C=C\C/C=C\CCCCCCCCCC(=O)OC(COC(=O)CCCCCCC)COC(OCC[N+](C)(C)C)C(=O)[O-]. The molecule has 0 fully saturated rings. The van der Waals surface area contributed by atoms with Crippen LogP contribution in [0.25, 0.3) is 0 Å². The molecular weight excluding hydrogens is 887 g/mol. The summed E-state index contributed by atoms with van der Waals surface area (Å²) in [5.41, 5.74) is 0. The number of carbonyl (C=O) groups is 3. The molecule has 400 valence electrons. The van der Waals surface area contributed by atoms with Crippen molar-refractivity contribution in [3.05, 3.63) is 134 Å².